The van der Waals surface area contributed by atoms with Crippen LogP contribution in [0.5, 0.6) is 0 Å². The van der Waals surface area contributed by atoms with Gasteiger partial charge in [-0.05, 0) is 25.1 Å². The van der Waals surface area contributed by atoms with Crippen molar-refractivity contribution < 1.29 is 4.39 Å². The van der Waals surface area contributed by atoms with Crippen LogP contribution < -0.4 is 10.2 Å². The van der Waals surface area contributed by atoms with Crippen molar-refractivity contribution in [2.75, 3.05) is 25.0 Å². The van der Waals surface area contributed by atoms with E-state index >= 15 is 0 Å². The molecule has 1 heterocycles. The van der Waals surface area contributed by atoms with Gasteiger partial charge in [0.25, 0.3) is 0 Å². The van der Waals surface area contributed by atoms with E-state index in [2.05, 4.69) is 15.3 Å². The Bertz CT molecular complexity index is 484. The summed E-state index contributed by atoms with van der Waals surface area (Å²) < 4.78 is 13.5. The van der Waals surface area contributed by atoms with Crippen LogP contribution in [0.25, 0.3) is 0 Å². The SMILES string of the molecule is CN(CCCNCc1ncc[nH]1)c1ccccc1F. The molecule has 0 aliphatic heterocycles. The van der Waals surface area contributed by atoms with Gasteiger partial charge in [0, 0.05) is 26.0 Å². The van der Waals surface area contributed by atoms with Crippen LogP contribution in [-0.2, 0) is 6.54 Å². The monoisotopic (exact) mass is 262 g/mol. The molecule has 0 saturated heterocycles. The van der Waals surface area contributed by atoms with Gasteiger partial charge in [0.1, 0.15) is 11.6 Å². The highest BCUT2D eigenvalue weighted by Crippen LogP contribution is 2.16. The van der Waals surface area contributed by atoms with Gasteiger partial charge in [-0.1, -0.05) is 12.1 Å². The number of halogens is 1. The number of nitrogens with zero attached hydrogens (tertiary/aromatic N) is 2. The summed E-state index contributed by atoms with van der Waals surface area (Å²) in [6, 6.07) is 6.84. The van der Waals surface area contributed by atoms with E-state index in [9.17, 15) is 4.39 Å². The van der Waals surface area contributed by atoms with E-state index in [1.807, 2.05) is 24.2 Å². The molecule has 0 radical (unpaired) electrons. The summed E-state index contributed by atoms with van der Waals surface area (Å²) >= 11 is 0. The highest BCUT2D eigenvalue weighted by Gasteiger charge is 2.05. The lowest BCUT2D eigenvalue weighted by Crippen LogP contribution is -2.24. The number of hydrogen-bond donors (Lipinski definition) is 2. The van der Waals surface area contributed by atoms with Gasteiger partial charge >= 0.3 is 0 Å². The van der Waals surface area contributed by atoms with Crippen LogP contribution in [0.15, 0.2) is 36.7 Å². The van der Waals surface area contributed by atoms with Gasteiger partial charge in [-0.15, -0.1) is 0 Å². The van der Waals surface area contributed by atoms with Crippen LogP contribution in [-0.4, -0.2) is 30.1 Å². The second-order valence-electron chi connectivity index (χ2n) is 4.44. The van der Waals surface area contributed by atoms with Crippen molar-refractivity contribution in [3.05, 3.63) is 48.3 Å². The molecule has 2 N–H and O–H groups in total. The Morgan fingerprint density at radius 1 is 1.37 bits per heavy atom. The van der Waals surface area contributed by atoms with E-state index in [0.29, 0.717) is 5.69 Å². The average molecular weight is 262 g/mol. The Hall–Kier alpha value is -1.88. The fourth-order valence-corrected chi connectivity index (χ4v) is 1.92. The minimum absolute atomic E-state index is 0.173. The molecule has 0 unspecified atom stereocenters. The number of anilines is 1. The quantitative estimate of drug-likeness (QED) is 0.752. The number of hydrogen-bond acceptors (Lipinski definition) is 3. The zero-order valence-electron chi connectivity index (χ0n) is 11.1. The third-order valence-electron chi connectivity index (χ3n) is 2.96. The summed E-state index contributed by atoms with van der Waals surface area (Å²) in [5.74, 6) is 0.760. The molecule has 4 nitrogen and oxygen atoms in total. The first-order valence-corrected chi connectivity index (χ1v) is 6.42. The fraction of sp³-hybridized carbons (Fsp3) is 0.357. The smallest absolute Gasteiger partial charge is 0.146 e. The summed E-state index contributed by atoms with van der Waals surface area (Å²) in [7, 11) is 1.91. The molecule has 0 aliphatic rings. The number of rotatable bonds is 7. The van der Waals surface area contributed by atoms with Crippen LogP contribution in [0.2, 0.25) is 0 Å². The van der Waals surface area contributed by atoms with Crippen LogP contribution in [0.4, 0.5) is 10.1 Å². The van der Waals surface area contributed by atoms with Crippen LogP contribution >= 0.6 is 0 Å². The van der Waals surface area contributed by atoms with E-state index in [1.54, 1.807) is 18.3 Å². The van der Waals surface area contributed by atoms with Crippen molar-refractivity contribution in [3.63, 3.8) is 0 Å². The predicted octanol–water partition coefficient (Wildman–Crippen LogP) is 2.16. The molecule has 2 aromatic rings. The maximum absolute atomic E-state index is 13.5. The van der Waals surface area contributed by atoms with E-state index < -0.39 is 0 Å². The molecule has 1 aromatic heterocycles. The third kappa shape index (κ3) is 4.06. The van der Waals surface area contributed by atoms with Crippen LogP contribution in [0.3, 0.4) is 0 Å². The Morgan fingerprint density at radius 3 is 2.95 bits per heavy atom. The highest BCUT2D eigenvalue weighted by atomic mass is 19.1. The zero-order valence-corrected chi connectivity index (χ0v) is 11.1. The number of aromatic amines is 1. The van der Waals surface area contributed by atoms with E-state index in [4.69, 9.17) is 0 Å². The molecule has 102 valence electrons. The number of para-hydroxylation sites is 1. The third-order valence-corrected chi connectivity index (χ3v) is 2.96. The van der Waals surface area contributed by atoms with Gasteiger partial charge in [-0.3, -0.25) is 0 Å². The summed E-state index contributed by atoms with van der Waals surface area (Å²) in [5, 5.41) is 3.30. The first kappa shape index (κ1) is 13.5. The van der Waals surface area contributed by atoms with Crippen molar-refractivity contribution in [2.24, 2.45) is 0 Å². The number of H-pyrrole nitrogens is 1. The first-order chi connectivity index (χ1) is 9.27. The van der Waals surface area contributed by atoms with Gasteiger partial charge in [0.15, 0.2) is 0 Å². The predicted molar refractivity (Wildman–Crippen MR) is 74.6 cm³/mol. The molecule has 2 rings (SSSR count). The van der Waals surface area contributed by atoms with E-state index in [1.165, 1.54) is 6.07 Å². The summed E-state index contributed by atoms with van der Waals surface area (Å²) in [5.41, 5.74) is 0.647. The van der Waals surface area contributed by atoms with Gasteiger partial charge in [0.05, 0.1) is 12.2 Å². The summed E-state index contributed by atoms with van der Waals surface area (Å²) in [6.07, 6.45) is 4.50. The second-order valence-corrected chi connectivity index (χ2v) is 4.44. The Labute approximate surface area is 112 Å². The summed E-state index contributed by atoms with van der Waals surface area (Å²) in [4.78, 5) is 9.10. The molecule has 0 saturated carbocycles. The largest absolute Gasteiger partial charge is 0.372 e. The maximum atomic E-state index is 13.5. The minimum atomic E-state index is -0.173. The fourth-order valence-electron chi connectivity index (χ4n) is 1.92. The van der Waals surface area contributed by atoms with Crippen molar-refractivity contribution in [2.45, 2.75) is 13.0 Å². The van der Waals surface area contributed by atoms with Gasteiger partial charge in [-0.25, -0.2) is 9.37 Å². The van der Waals surface area contributed by atoms with Gasteiger partial charge in [-0.2, -0.15) is 0 Å². The summed E-state index contributed by atoms with van der Waals surface area (Å²) in [6.45, 7) is 2.42. The normalized spacial score (nSPS) is 10.6. The number of nitrogens with one attached hydrogen (secondary N) is 2. The molecular formula is C14H19FN4. The molecule has 0 aliphatic carbocycles. The molecular weight excluding hydrogens is 243 g/mol. The molecule has 0 bridgehead atoms. The topological polar surface area (TPSA) is 44.0 Å². The Morgan fingerprint density at radius 2 is 2.21 bits per heavy atom. The van der Waals surface area contributed by atoms with Crippen molar-refractivity contribution in [1.82, 2.24) is 15.3 Å². The lowest BCUT2D eigenvalue weighted by Gasteiger charge is -2.19. The molecule has 0 spiro atoms. The second kappa shape index (κ2) is 6.89. The van der Waals surface area contributed by atoms with Crippen LogP contribution in [0, 0.1) is 5.82 Å². The van der Waals surface area contributed by atoms with Crippen LogP contribution in [0.1, 0.15) is 12.2 Å². The van der Waals surface area contributed by atoms with Crippen molar-refractivity contribution in [1.29, 1.82) is 0 Å². The maximum Gasteiger partial charge on any atom is 0.146 e. The molecule has 0 amide bonds. The average Bonchev–Trinajstić information content (AvgIpc) is 2.92. The lowest BCUT2D eigenvalue weighted by molar-refractivity contribution is 0.608. The Kier molecular flexibility index (Phi) is 4.92. The highest BCUT2D eigenvalue weighted by molar-refractivity contribution is 5.46. The minimum Gasteiger partial charge on any atom is -0.372 e. The number of benzene rings is 1. The molecule has 5 heteroatoms. The van der Waals surface area contributed by atoms with E-state index in [0.717, 1.165) is 31.9 Å². The van der Waals surface area contributed by atoms with Crippen molar-refractivity contribution in [3.8, 4) is 0 Å². The molecule has 0 fully saturated rings. The first-order valence-electron chi connectivity index (χ1n) is 6.42. The molecule has 19 heavy (non-hydrogen) atoms. The van der Waals surface area contributed by atoms with Gasteiger partial charge in [0.2, 0.25) is 0 Å². The Balaban J connectivity index is 1.67. The van der Waals surface area contributed by atoms with Crippen molar-refractivity contribution >= 4 is 5.69 Å². The van der Waals surface area contributed by atoms with E-state index in [-0.39, 0.29) is 5.82 Å². The number of aromatic nitrogens is 2. The zero-order chi connectivity index (χ0) is 13.5. The number of imidazole rings is 1. The molecule has 1 aromatic carbocycles. The molecule has 0 atom stereocenters. The van der Waals surface area contributed by atoms with Gasteiger partial charge < -0.3 is 15.2 Å². The standard InChI is InChI=1S/C14H19FN4/c1-19(13-6-3-2-5-12(13)15)10-4-7-16-11-14-17-8-9-18-14/h2-3,5-6,8-9,16H,4,7,10-11H2,1H3,(H,17,18). The lowest BCUT2D eigenvalue weighted by atomic mass is 10.2.